The SMILES string of the molecule is Cn1nc(C=O)c2c1O[C@H](c1ccccc1)O[C@H]2O. The monoisotopic (exact) mass is 260 g/mol. The number of aromatic nitrogens is 2. The molecule has 0 amide bonds. The minimum absolute atomic E-state index is 0.122. The number of benzene rings is 1. The Morgan fingerprint density at radius 3 is 2.79 bits per heavy atom. The minimum atomic E-state index is -1.23. The van der Waals surface area contributed by atoms with Gasteiger partial charge in [-0.25, -0.2) is 4.68 Å². The first-order valence-electron chi connectivity index (χ1n) is 5.78. The number of aliphatic hydroxyl groups is 1. The Balaban J connectivity index is 2.01. The number of fused-ring (bicyclic) bond motifs is 1. The van der Waals surface area contributed by atoms with Crippen molar-refractivity contribution in [2.24, 2.45) is 7.05 Å². The maximum atomic E-state index is 10.9. The number of aliphatic hydroxyl groups excluding tert-OH is 1. The Morgan fingerprint density at radius 1 is 1.37 bits per heavy atom. The molecular formula is C13H12N2O4. The number of carbonyl (C=O) groups excluding carboxylic acids is 1. The molecular weight excluding hydrogens is 248 g/mol. The molecule has 0 radical (unpaired) electrons. The molecule has 19 heavy (non-hydrogen) atoms. The second-order valence-electron chi connectivity index (χ2n) is 4.19. The topological polar surface area (TPSA) is 73.6 Å². The van der Waals surface area contributed by atoms with Gasteiger partial charge in [-0.05, 0) is 0 Å². The van der Waals surface area contributed by atoms with Gasteiger partial charge in [0.2, 0.25) is 12.2 Å². The Kier molecular flexibility index (Phi) is 2.81. The lowest BCUT2D eigenvalue weighted by Gasteiger charge is -2.28. The van der Waals surface area contributed by atoms with Crippen LogP contribution < -0.4 is 4.74 Å². The average Bonchev–Trinajstić information content (AvgIpc) is 2.77. The zero-order chi connectivity index (χ0) is 13.4. The van der Waals surface area contributed by atoms with E-state index in [2.05, 4.69) is 5.10 Å². The summed E-state index contributed by atoms with van der Waals surface area (Å²) < 4.78 is 12.5. The van der Waals surface area contributed by atoms with Crippen LogP contribution in [0, 0.1) is 0 Å². The van der Waals surface area contributed by atoms with Crippen molar-refractivity contribution in [1.82, 2.24) is 9.78 Å². The zero-order valence-corrected chi connectivity index (χ0v) is 10.2. The van der Waals surface area contributed by atoms with Gasteiger partial charge in [0.15, 0.2) is 12.6 Å². The van der Waals surface area contributed by atoms with E-state index < -0.39 is 12.6 Å². The van der Waals surface area contributed by atoms with Gasteiger partial charge in [0.1, 0.15) is 11.3 Å². The van der Waals surface area contributed by atoms with Crippen LogP contribution in [0.5, 0.6) is 5.88 Å². The second-order valence-corrected chi connectivity index (χ2v) is 4.19. The lowest BCUT2D eigenvalue weighted by atomic mass is 10.2. The van der Waals surface area contributed by atoms with E-state index in [1.165, 1.54) is 4.68 Å². The van der Waals surface area contributed by atoms with Crippen LogP contribution in [0.15, 0.2) is 30.3 Å². The fourth-order valence-corrected chi connectivity index (χ4v) is 2.07. The highest BCUT2D eigenvalue weighted by atomic mass is 16.7. The summed E-state index contributed by atoms with van der Waals surface area (Å²) in [5.41, 5.74) is 1.17. The molecule has 6 heteroatoms. The molecule has 0 aliphatic carbocycles. The van der Waals surface area contributed by atoms with Gasteiger partial charge < -0.3 is 14.6 Å². The first-order chi connectivity index (χ1) is 9.20. The number of nitrogens with zero attached hydrogens (tertiary/aromatic N) is 2. The van der Waals surface area contributed by atoms with Gasteiger partial charge in [0.25, 0.3) is 0 Å². The summed E-state index contributed by atoms with van der Waals surface area (Å²) in [7, 11) is 1.64. The molecule has 0 saturated carbocycles. The average molecular weight is 260 g/mol. The highest BCUT2D eigenvalue weighted by Gasteiger charge is 2.34. The molecule has 98 valence electrons. The lowest BCUT2D eigenvalue weighted by Crippen LogP contribution is -2.23. The van der Waals surface area contributed by atoms with Crippen LogP contribution in [0.4, 0.5) is 0 Å². The molecule has 1 aliphatic rings. The summed E-state index contributed by atoms with van der Waals surface area (Å²) in [5, 5.41) is 14.0. The number of aryl methyl sites for hydroxylation is 1. The van der Waals surface area contributed by atoms with Crippen LogP contribution >= 0.6 is 0 Å². The third-order valence-electron chi connectivity index (χ3n) is 2.96. The van der Waals surface area contributed by atoms with Crippen LogP contribution in [0.2, 0.25) is 0 Å². The van der Waals surface area contributed by atoms with Gasteiger partial charge in [0.05, 0.1) is 0 Å². The Bertz CT molecular complexity index is 609. The molecule has 0 spiro atoms. The van der Waals surface area contributed by atoms with E-state index in [1.54, 1.807) is 7.05 Å². The summed E-state index contributed by atoms with van der Waals surface area (Å²) >= 11 is 0. The third kappa shape index (κ3) is 1.91. The van der Waals surface area contributed by atoms with Gasteiger partial charge in [-0.1, -0.05) is 30.3 Å². The Hall–Kier alpha value is -2.18. The largest absolute Gasteiger partial charge is 0.443 e. The van der Waals surface area contributed by atoms with Crippen molar-refractivity contribution in [1.29, 1.82) is 0 Å². The molecule has 0 bridgehead atoms. The first-order valence-corrected chi connectivity index (χ1v) is 5.78. The standard InChI is InChI=1S/C13H12N2O4/c1-15-11-10(9(7-16)14-15)12(17)19-13(18-11)8-5-3-2-4-6-8/h2-7,12-13,17H,1H3/t12-,13+/m1/s1. The number of hydrogen-bond acceptors (Lipinski definition) is 5. The molecule has 0 saturated heterocycles. The van der Waals surface area contributed by atoms with E-state index in [4.69, 9.17) is 9.47 Å². The number of rotatable bonds is 2. The van der Waals surface area contributed by atoms with Gasteiger partial charge in [-0.15, -0.1) is 0 Å². The van der Waals surface area contributed by atoms with Crippen LogP contribution in [-0.2, 0) is 11.8 Å². The highest BCUT2D eigenvalue weighted by Crippen LogP contribution is 2.39. The zero-order valence-electron chi connectivity index (χ0n) is 10.2. The van der Waals surface area contributed by atoms with E-state index in [0.29, 0.717) is 12.2 Å². The molecule has 2 heterocycles. The number of ether oxygens (including phenoxy) is 2. The van der Waals surface area contributed by atoms with Gasteiger partial charge in [0, 0.05) is 12.6 Å². The van der Waals surface area contributed by atoms with Crippen molar-refractivity contribution in [3.05, 3.63) is 47.2 Å². The maximum absolute atomic E-state index is 10.9. The van der Waals surface area contributed by atoms with E-state index in [-0.39, 0.29) is 11.3 Å². The molecule has 1 aliphatic heterocycles. The van der Waals surface area contributed by atoms with E-state index >= 15 is 0 Å². The molecule has 1 N–H and O–H groups in total. The smallest absolute Gasteiger partial charge is 0.231 e. The van der Waals surface area contributed by atoms with E-state index in [1.807, 2.05) is 30.3 Å². The second kappa shape index (κ2) is 4.49. The summed E-state index contributed by atoms with van der Waals surface area (Å²) in [6.45, 7) is 0. The van der Waals surface area contributed by atoms with Gasteiger partial charge in [-0.2, -0.15) is 5.10 Å². The minimum Gasteiger partial charge on any atom is -0.443 e. The predicted molar refractivity (Wildman–Crippen MR) is 64.5 cm³/mol. The first kappa shape index (κ1) is 11.9. The van der Waals surface area contributed by atoms with Crippen LogP contribution in [-0.4, -0.2) is 21.2 Å². The molecule has 2 atom stereocenters. The summed E-state index contributed by atoms with van der Waals surface area (Å²) in [5.74, 6) is 0.342. The van der Waals surface area contributed by atoms with Crippen LogP contribution in [0.25, 0.3) is 0 Å². The Labute approximate surface area is 109 Å². The van der Waals surface area contributed by atoms with Crippen LogP contribution in [0.1, 0.15) is 34.2 Å². The third-order valence-corrected chi connectivity index (χ3v) is 2.96. The molecule has 0 unspecified atom stereocenters. The number of aldehydes is 1. The fourth-order valence-electron chi connectivity index (χ4n) is 2.07. The predicted octanol–water partition coefficient (Wildman–Crippen LogP) is 1.33. The van der Waals surface area contributed by atoms with Crippen molar-refractivity contribution in [3.8, 4) is 5.88 Å². The summed E-state index contributed by atoms with van der Waals surface area (Å²) in [4.78, 5) is 10.9. The van der Waals surface area contributed by atoms with Crippen molar-refractivity contribution < 1.29 is 19.4 Å². The fraction of sp³-hybridized carbons (Fsp3) is 0.231. The van der Waals surface area contributed by atoms with E-state index in [0.717, 1.165) is 5.56 Å². The van der Waals surface area contributed by atoms with Crippen molar-refractivity contribution >= 4 is 6.29 Å². The van der Waals surface area contributed by atoms with Crippen molar-refractivity contribution in [2.75, 3.05) is 0 Å². The highest BCUT2D eigenvalue weighted by molar-refractivity contribution is 5.75. The Morgan fingerprint density at radius 2 is 2.11 bits per heavy atom. The normalized spacial score (nSPS) is 21.6. The number of carbonyl (C=O) groups is 1. The molecule has 0 fully saturated rings. The maximum Gasteiger partial charge on any atom is 0.231 e. The molecule has 1 aromatic heterocycles. The van der Waals surface area contributed by atoms with Crippen LogP contribution in [0.3, 0.4) is 0 Å². The number of hydrogen-bond donors (Lipinski definition) is 1. The van der Waals surface area contributed by atoms with Gasteiger partial charge >= 0.3 is 0 Å². The van der Waals surface area contributed by atoms with Gasteiger partial charge in [-0.3, -0.25) is 4.79 Å². The quantitative estimate of drug-likeness (QED) is 0.825. The molecule has 3 rings (SSSR count). The lowest BCUT2D eigenvalue weighted by molar-refractivity contribution is -0.223. The summed E-state index contributed by atoms with van der Waals surface area (Å²) in [6, 6.07) is 9.25. The summed E-state index contributed by atoms with van der Waals surface area (Å²) in [6.07, 6.45) is -1.39. The molecule has 2 aromatic rings. The van der Waals surface area contributed by atoms with Crippen molar-refractivity contribution in [2.45, 2.75) is 12.6 Å². The molecule has 1 aromatic carbocycles. The van der Waals surface area contributed by atoms with E-state index in [9.17, 15) is 9.90 Å². The molecule has 6 nitrogen and oxygen atoms in total. The van der Waals surface area contributed by atoms with Crippen molar-refractivity contribution in [3.63, 3.8) is 0 Å².